The van der Waals surface area contributed by atoms with Crippen molar-refractivity contribution in [1.29, 1.82) is 0 Å². The van der Waals surface area contributed by atoms with Crippen LogP contribution in [0.25, 0.3) is 0 Å². The lowest BCUT2D eigenvalue weighted by molar-refractivity contribution is -0.144. The molecule has 1 heterocycles. The number of primary amides is 1. The maximum absolute atomic E-state index is 14.3. The Kier molecular flexibility index (Phi) is 7.53. The van der Waals surface area contributed by atoms with E-state index in [4.69, 9.17) is 15.2 Å². The molecule has 7 nitrogen and oxygen atoms in total. The van der Waals surface area contributed by atoms with Gasteiger partial charge in [-0.05, 0) is 30.9 Å². The van der Waals surface area contributed by atoms with Crippen LogP contribution < -0.4 is 10.5 Å². The summed E-state index contributed by atoms with van der Waals surface area (Å²) < 4.78 is 38.4. The predicted octanol–water partition coefficient (Wildman–Crippen LogP) is 3.00. The van der Waals surface area contributed by atoms with Gasteiger partial charge in [-0.15, -0.1) is 0 Å². The fraction of sp³-hybridized carbons (Fsp3) is 0.476. The normalized spacial score (nSPS) is 14.6. The number of carbonyl (C=O) groups excluding carboxylic acids is 2. The van der Waals surface area contributed by atoms with E-state index < -0.39 is 30.3 Å². The highest BCUT2D eigenvalue weighted by Gasteiger charge is 2.39. The first-order valence-electron chi connectivity index (χ1n) is 9.54. The zero-order valence-electron chi connectivity index (χ0n) is 17.3. The number of halogens is 2. The monoisotopic (exact) mass is 423 g/mol. The van der Waals surface area contributed by atoms with Crippen molar-refractivity contribution in [2.45, 2.75) is 44.4 Å². The number of nitrogens with one attached hydrogen (secondary N) is 1. The first-order chi connectivity index (χ1) is 14.1. The number of nitrogens with zero attached hydrogens (tertiary/aromatic N) is 1. The number of amides is 1. The molecule has 0 radical (unpaired) electrons. The van der Waals surface area contributed by atoms with Crippen molar-refractivity contribution in [3.8, 4) is 5.88 Å². The number of ether oxygens (including phenoxy) is 2. The molecule has 0 bridgehead atoms. The molecule has 0 spiro atoms. The summed E-state index contributed by atoms with van der Waals surface area (Å²) in [6.07, 6.45) is 1.02. The fourth-order valence-corrected chi connectivity index (χ4v) is 3.10. The molecule has 0 aliphatic rings. The smallest absolute Gasteiger partial charge is 0.308 e. The number of carbonyl (C=O) groups is 2. The molecule has 1 unspecified atom stereocenters. The molecule has 30 heavy (non-hydrogen) atoms. The quantitative estimate of drug-likeness (QED) is 0.540. The number of methoxy groups -OCH3 is 1. The van der Waals surface area contributed by atoms with Crippen molar-refractivity contribution < 1.29 is 27.8 Å². The number of aromatic nitrogens is 2. The molecular weight excluding hydrogens is 396 g/mol. The Morgan fingerprint density at radius 1 is 1.27 bits per heavy atom. The lowest BCUT2D eigenvalue weighted by Gasteiger charge is -2.29. The summed E-state index contributed by atoms with van der Waals surface area (Å²) in [5.74, 6) is -4.46. The van der Waals surface area contributed by atoms with E-state index in [1.807, 2.05) is 0 Å². The summed E-state index contributed by atoms with van der Waals surface area (Å²) in [6, 6.07) is 8.36. The van der Waals surface area contributed by atoms with Crippen LogP contribution in [0.4, 0.5) is 8.78 Å². The molecule has 0 aliphatic carbocycles. The lowest BCUT2D eigenvalue weighted by atomic mass is 9.76. The van der Waals surface area contributed by atoms with Crippen molar-refractivity contribution in [2.75, 3.05) is 13.7 Å². The van der Waals surface area contributed by atoms with E-state index in [1.165, 1.54) is 19.4 Å². The van der Waals surface area contributed by atoms with Gasteiger partial charge in [0.15, 0.2) is 6.61 Å². The molecule has 0 fully saturated rings. The number of aromatic amines is 1. The van der Waals surface area contributed by atoms with Crippen molar-refractivity contribution in [3.63, 3.8) is 0 Å². The molecule has 2 atom stereocenters. The zero-order chi connectivity index (χ0) is 22.4. The average Bonchev–Trinajstić information content (AvgIpc) is 3.24. The highest BCUT2D eigenvalue weighted by atomic mass is 19.3. The molecule has 1 aromatic carbocycles. The van der Waals surface area contributed by atoms with Gasteiger partial charge < -0.3 is 15.2 Å². The average molecular weight is 423 g/mol. The molecule has 3 N–H and O–H groups in total. The second-order valence-corrected chi connectivity index (χ2v) is 7.59. The van der Waals surface area contributed by atoms with Gasteiger partial charge >= 0.3 is 5.97 Å². The van der Waals surface area contributed by atoms with Crippen LogP contribution in [-0.2, 0) is 26.2 Å². The Morgan fingerprint density at radius 2 is 2.00 bits per heavy atom. The Morgan fingerprint density at radius 3 is 2.60 bits per heavy atom. The van der Waals surface area contributed by atoms with Crippen molar-refractivity contribution in [1.82, 2.24) is 10.2 Å². The van der Waals surface area contributed by atoms with Crippen molar-refractivity contribution >= 4 is 11.9 Å². The van der Waals surface area contributed by atoms with Crippen LogP contribution in [0.5, 0.6) is 5.88 Å². The van der Waals surface area contributed by atoms with Gasteiger partial charge in [0.1, 0.15) is 0 Å². The van der Waals surface area contributed by atoms with Gasteiger partial charge in [0.05, 0.1) is 24.6 Å². The van der Waals surface area contributed by atoms with Crippen LogP contribution in [0, 0.1) is 5.92 Å². The van der Waals surface area contributed by atoms with Crippen LogP contribution >= 0.6 is 0 Å². The van der Waals surface area contributed by atoms with Gasteiger partial charge in [-0.1, -0.05) is 31.2 Å². The number of hydrogen-bond donors (Lipinski definition) is 2. The second-order valence-electron chi connectivity index (χ2n) is 7.59. The first kappa shape index (κ1) is 23.3. The van der Waals surface area contributed by atoms with Crippen molar-refractivity contribution in [3.05, 3.63) is 47.7 Å². The van der Waals surface area contributed by atoms with E-state index in [1.54, 1.807) is 38.1 Å². The van der Waals surface area contributed by atoms with E-state index >= 15 is 0 Å². The summed E-state index contributed by atoms with van der Waals surface area (Å²) in [5, 5.41) is 6.08. The minimum atomic E-state index is -3.17. The Bertz CT molecular complexity index is 858. The minimum absolute atomic E-state index is 0.139. The molecule has 2 aromatic rings. The molecule has 1 aromatic heterocycles. The lowest BCUT2D eigenvalue weighted by Crippen LogP contribution is -2.40. The van der Waals surface area contributed by atoms with Gasteiger partial charge in [0.2, 0.25) is 11.8 Å². The Hall–Kier alpha value is -2.97. The third-order valence-electron chi connectivity index (χ3n) is 5.16. The molecule has 0 aliphatic heterocycles. The summed E-state index contributed by atoms with van der Waals surface area (Å²) in [7, 11) is 1.32. The number of H-pyrrole nitrogens is 1. The molecule has 164 valence electrons. The highest BCUT2D eigenvalue weighted by molar-refractivity contribution is 5.86. The van der Waals surface area contributed by atoms with Gasteiger partial charge in [0, 0.05) is 12.5 Å². The molecule has 0 saturated heterocycles. The second kappa shape index (κ2) is 9.69. The Labute approximate surface area is 173 Å². The minimum Gasteiger partial charge on any atom is -0.472 e. The zero-order valence-corrected chi connectivity index (χ0v) is 17.3. The molecule has 9 heteroatoms. The number of benzene rings is 1. The number of hydrogen-bond acceptors (Lipinski definition) is 5. The van der Waals surface area contributed by atoms with Gasteiger partial charge in [-0.2, -0.15) is 5.10 Å². The number of rotatable bonds is 11. The van der Waals surface area contributed by atoms with E-state index in [9.17, 15) is 18.4 Å². The highest BCUT2D eigenvalue weighted by Crippen LogP contribution is 2.34. The third-order valence-corrected chi connectivity index (χ3v) is 5.16. The summed E-state index contributed by atoms with van der Waals surface area (Å²) in [4.78, 5) is 23.9. The van der Waals surface area contributed by atoms with Gasteiger partial charge in [-0.3, -0.25) is 9.59 Å². The maximum atomic E-state index is 14.3. The van der Waals surface area contributed by atoms with Crippen LogP contribution in [0.15, 0.2) is 36.5 Å². The van der Waals surface area contributed by atoms with E-state index in [0.29, 0.717) is 12.0 Å². The molecule has 1 amide bonds. The molecule has 2 rings (SSSR count). The van der Waals surface area contributed by atoms with Gasteiger partial charge in [0.25, 0.3) is 5.92 Å². The third kappa shape index (κ3) is 6.01. The SMILES string of the molecule is COC(=O)[C@@H](C)Cc1cccc(C(C)(CCC(F)(F)COc2ccn[nH]2)C(N)=O)c1. The standard InChI is InChI=1S/C21H27F2N3O4/c1-14(18(27)29-3)11-15-5-4-6-16(12-15)20(2,19(24)28)8-9-21(22,23)13-30-17-7-10-25-26-17/h4-7,10,12,14H,8-9,11,13H2,1-3H3,(H2,24,28)(H,25,26)/t14-,20?/m0/s1. The van der Waals surface area contributed by atoms with E-state index in [-0.39, 0.29) is 24.2 Å². The first-order valence-corrected chi connectivity index (χ1v) is 9.54. The van der Waals surface area contributed by atoms with Crippen molar-refractivity contribution in [2.24, 2.45) is 11.7 Å². The number of nitrogens with two attached hydrogens (primary N) is 1. The largest absolute Gasteiger partial charge is 0.472 e. The Balaban J connectivity index is 2.11. The van der Waals surface area contributed by atoms with E-state index in [0.717, 1.165) is 5.56 Å². The molecule has 0 saturated carbocycles. The van der Waals surface area contributed by atoms with Crippen LogP contribution in [0.2, 0.25) is 0 Å². The van der Waals surface area contributed by atoms with Gasteiger partial charge in [-0.25, -0.2) is 13.9 Å². The summed E-state index contributed by atoms with van der Waals surface area (Å²) >= 11 is 0. The molecular formula is C21H27F2N3O4. The predicted molar refractivity (Wildman–Crippen MR) is 106 cm³/mol. The van der Waals surface area contributed by atoms with E-state index in [2.05, 4.69) is 10.2 Å². The summed E-state index contributed by atoms with van der Waals surface area (Å²) in [5.41, 5.74) is 5.61. The summed E-state index contributed by atoms with van der Waals surface area (Å²) in [6.45, 7) is 2.43. The number of esters is 1. The number of alkyl halides is 2. The van der Waals surface area contributed by atoms with Crippen LogP contribution in [0.3, 0.4) is 0 Å². The topological polar surface area (TPSA) is 107 Å². The van der Waals surface area contributed by atoms with Crippen LogP contribution in [0.1, 0.15) is 37.8 Å². The maximum Gasteiger partial charge on any atom is 0.308 e. The fourth-order valence-electron chi connectivity index (χ4n) is 3.10. The van der Waals surface area contributed by atoms with Crippen LogP contribution in [-0.4, -0.2) is 41.7 Å².